The van der Waals surface area contributed by atoms with Gasteiger partial charge in [-0.1, -0.05) is 48.5 Å². The lowest BCUT2D eigenvalue weighted by Gasteiger charge is -2.40. The van der Waals surface area contributed by atoms with Gasteiger partial charge in [-0.2, -0.15) is 0 Å². The van der Waals surface area contributed by atoms with Crippen molar-refractivity contribution in [3.8, 4) is 17.2 Å². The van der Waals surface area contributed by atoms with Crippen LogP contribution in [-0.2, 0) is 15.1 Å². The number of fused-ring (bicyclic) bond motifs is 1. The second-order valence-electron chi connectivity index (χ2n) is 7.88. The van der Waals surface area contributed by atoms with Crippen molar-refractivity contribution in [1.29, 1.82) is 0 Å². The maximum absolute atomic E-state index is 12.9. The molecule has 0 bridgehead atoms. The third-order valence-corrected chi connectivity index (χ3v) is 6.01. The Kier molecular flexibility index (Phi) is 6.43. The molecule has 34 heavy (non-hydrogen) atoms. The van der Waals surface area contributed by atoms with Crippen molar-refractivity contribution in [3.63, 3.8) is 0 Å². The van der Waals surface area contributed by atoms with Crippen LogP contribution in [0.5, 0.6) is 17.2 Å². The van der Waals surface area contributed by atoms with Crippen molar-refractivity contribution in [2.75, 3.05) is 32.7 Å². The van der Waals surface area contributed by atoms with Crippen LogP contribution in [0.1, 0.15) is 11.1 Å². The molecule has 1 aliphatic heterocycles. The topological polar surface area (TPSA) is 97.3 Å². The number of nitrogens with zero attached hydrogens (tertiary/aromatic N) is 1. The molecular weight excluding hydrogens is 436 g/mol. The summed E-state index contributed by atoms with van der Waals surface area (Å²) in [5.74, 6) is -0.239. The predicted octanol–water partition coefficient (Wildman–Crippen LogP) is 3.05. The fourth-order valence-corrected chi connectivity index (χ4v) is 4.32. The van der Waals surface area contributed by atoms with Crippen molar-refractivity contribution in [3.05, 3.63) is 83.9 Å². The SMILES string of the molecule is COc1cc(OC)cc(OC(C(=O)O)C2(c3ccccc3)NCC(=O)N(C)c3ccccc32)c1. The largest absolute Gasteiger partial charge is 0.496 e. The molecule has 2 atom stereocenters. The van der Waals surface area contributed by atoms with Crippen LogP contribution in [0.4, 0.5) is 5.69 Å². The Bertz CT molecular complexity index is 1180. The molecule has 0 aromatic heterocycles. The molecule has 3 aromatic carbocycles. The molecule has 0 spiro atoms. The molecule has 0 saturated heterocycles. The number of carboxylic acid groups (broad SMARTS) is 1. The number of hydrogen-bond donors (Lipinski definition) is 2. The average Bonchev–Trinajstić information content (AvgIpc) is 2.98. The Morgan fingerprint density at radius 3 is 2.18 bits per heavy atom. The lowest BCUT2D eigenvalue weighted by molar-refractivity contribution is -0.149. The standard InChI is InChI=1S/C26H26N2O6/c1-28-22-12-8-7-11-21(22)26(27-16-23(28)29,17-9-5-4-6-10-17)24(25(30)31)34-20-14-18(32-2)13-19(15-20)33-3/h4-15,24,27H,16H2,1-3H3,(H,30,31). The molecule has 0 saturated carbocycles. The Balaban J connectivity index is 1.96. The first-order valence-corrected chi connectivity index (χ1v) is 10.7. The van der Waals surface area contributed by atoms with Gasteiger partial charge in [0.25, 0.3) is 0 Å². The quantitative estimate of drug-likeness (QED) is 0.557. The Morgan fingerprint density at radius 1 is 0.971 bits per heavy atom. The first-order chi connectivity index (χ1) is 16.4. The van der Waals surface area contributed by atoms with Gasteiger partial charge in [0, 0.05) is 36.5 Å². The van der Waals surface area contributed by atoms with E-state index in [1.807, 2.05) is 48.5 Å². The van der Waals surface area contributed by atoms with Gasteiger partial charge in [-0.3, -0.25) is 10.1 Å². The molecule has 176 valence electrons. The highest BCUT2D eigenvalue weighted by atomic mass is 16.5. The molecular formula is C26H26N2O6. The number of carbonyl (C=O) groups is 2. The summed E-state index contributed by atoms with van der Waals surface area (Å²) in [5, 5.41) is 13.7. The summed E-state index contributed by atoms with van der Waals surface area (Å²) >= 11 is 0. The zero-order chi connectivity index (χ0) is 24.3. The summed E-state index contributed by atoms with van der Waals surface area (Å²) in [7, 11) is 4.68. The molecule has 4 rings (SSSR count). The maximum Gasteiger partial charge on any atom is 0.347 e. The summed E-state index contributed by atoms with van der Waals surface area (Å²) in [6.45, 7) is -0.0886. The number of carboxylic acids is 1. The molecule has 8 heteroatoms. The van der Waals surface area contributed by atoms with Gasteiger partial charge in [-0.15, -0.1) is 0 Å². The number of nitrogens with one attached hydrogen (secondary N) is 1. The van der Waals surface area contributed by atoms with E-state index in [0.717, 1.165) is 0 Å². The molecule has 1 heterocycles. The minimum absolute atomic E-state index is 0.0886. The van der Waals surface area contributed by atoms with E-state index in [2.05, 4.69) is 5.32 Å². The first kappa shape index (κ1) is 23.1. The number of benzene rings is 3. The second kappa shape index (κ2) is 9.44. The van der Waals surface area contributed by atoms with Gasteiger partial charge in [0.1, 0.15) is 22.8 Å². The van der Waals surface area contributed by atoms with Crippen molar-refractivity contribution < 1.29 is 28.9 Å². The number of ether oxygens (including phenoxy) is 3. The highest BCUT2D eigenvalue weighted by molar-refractivity contribution is 5.97. The summed E-state index contributed by atoms with van der Waals surface area (Å²) in [6, 6.07) is 21.2. The fourth-order valence-electron chi connectivity index (χ4n) is 4.32. The van der Waals surface area contributed by atoms with Gasteiger partial charge in [0.05, 0.1) is 20.8 Å². The van der Waals surface area contributed by atoms with Crippen molar-refractivity contribution in [1.82, 2.24) is 5.32 Å². The van der Waals surface area contributed by atoms with Crippen LogP contribution in [0.2, 0.25) is 0 Å². The number of carbonyl (C=O) groups excluding carboxylic acids is 1. The summed E-state index contributed by atoms with van der Waals surface area (Å²) in [4.78, 5) is 27.2. The van der Waals surface area contributed by atoms with Gasteiger partial charge < -0.3 is 24.2 Å². The third kappa shape index (κ3) is 4.04. The lowest BCUT2D eigenvalue weighted by atomic mass is 9.77. The molecule has 0 radical (unpaired) electrons. The van der Waals surface area contributed by atoms with Crippen LogP contribution < -0.4 is 24.4 Å². The number of anilines is 1. The van der Waals surface area contributed by atoms with E-state index in [0.29, 0.717) is 28.3 Å². The van der Waals surface area contributed by atoms with E-state index in [9.17, 15) is 14.7 Å². The number of aliphatic carboxylic acids is 1. The second-order valence-corrected chi connectivity index (χ2v) is 7.88. The monoisotopic (exact) mass is 462 g/mol. The highest BCUT2D eigenvalue weighted by Gasteiger charge is 2.51. The molecule has 3 aromatic rings. The maximum atomic E-state index is 12.9. The van der Waals surface area contributed by atoms with Gasteiger partial charge >= 0.3 is 5.97 Å². The molecule has 0 fully saturated rings. The highest BCUT2D eigenvalue weighted by Crippen LogP contribution is 2.42. The van der Waals surface area contributed by atoms with Crippen LogP contribution in [0, 0.1) is 0 Å². The Labute approximate surface area is 197 Å². The molecule has 2 unspecified atom stereocenters. The molecule has 2 N–H and O–H groups in total. The summed E-state index contributed by atoms with van der Waals surface area (Å²) in [5.41, 5.74) is 0.462. The van der Waals surface area contributed by atoms with Crippen LogP contribution in [-0.4, -0.2) is 50.9 Å². The Hall–Kier alpha value is -4.04. The van der Waals surface area contributed by atoms with Crippen LogP contribution >= 0.6 is 0 Å². The third-order valence-electron chi connectivity index (χ3n) is 6.01. The van der Waals surface area contributed by atoms with E-state index in [4.69, 9.17) is 14.2 Å². The van der Waals surface area contributed by atoms with Crippen LogP contribution in [0.3, 0.4) is 0 Å². The zero-order valence-corrected chi connectivity index (χ0v) is 19.1. The number of likely N-dealkylation sites (N-methyl/N-ethyl adjacent to an activating group) is 1. The minimum atomic E-state index is -1.45. The van der Waals surface area contributed by atoms with Crippen LogP contribution in [0.25, 0.3) is 0 Å². The zero-order valence-electron chi connectivity index (χ0n) is 19.1. The van der Waals surface area contributed by atoms with Gasteiger partial charge in [0.15, 0.2) is 0 Å². The van der Waals surface area contributed by atoms with E-state index >= 15 is 0 Å². The summed E-state index contributed by atoms with van der Waals surface area (Å²) < 4.78 is 16.8. The number of amides is 1. The van der Waals surface area contributed by atoms with Crippen molar-refractivity contribution in [2.24, 2.45) is 0 Å². The van der Waals surface area contributed by atoms with Crippen molar-refractivity contribution >= 4 is 17.6 Å². The van der Waals surface area contributed by atoms with Gasteiger partial charge in [-0.05, 0) is 11.6 Å². The first-order valence-electron chi connectivity index (χ1n) is 10.7. The number of hydrogen-bond acceptors (Lipinski definition) is 6. The fraction of sp³-hybridized carbons (Fsp3) is 0.231. The van der Waals surface area contributed by atoms with Crippen LogP contribution in [0.15, 0.2) is 72.8 Å². The van der Waals surface area contributed by atoms with Gasteiger partial charge in [0.2, 0.25) is 12.0 Å². The van der Waals surface area contributed by atoms with E-state index in [1.54, 1.807) is 31.3 Å². The minimum Gasteiger partial charge on any atom is -0.496 e. The number of methoxy groups -OCH3 is 2. The average molecular weight is 463 g/mol. The summed E-state index contributed by atoms with van der Waals surface area (Å²) in [6.07, 6.45) is -1.45. The lowest BCUT2D eigenvalue weighted by Crippen LogP contribution is -2.58. The van der Waals surface area contributed by atoms with Crippen molar-refractivity contribution in [2.45, 2.75) is 11.6 Å². The van der Waals surface area contributed by atoms with Gasteiger partial charge in [-0.25, -0.2) is 4.79 Å². The molecule has 1 aliphatic rings. The predicted molar refractivity (Wildman–Crippen MR) is 127 cm³/mol. The normalized spacial score (nSPS) is 18.4. The number of rotatable bonds is 7. The molecule has 8 nitrogen and oxygen atoms in total. The van der Waals surface area contributed by atoms with E-state index in [1.165, 1.54) is 19.1 Å². The molecule has 1 amide bonds. The van der Waals surface area contributed by atoms with E-state index in [-0.39, 0.29) is 18.2 Å². The number of para-hydroxylation sites is 1. The molecule has 0 aliphatic carbocycles. The smallest absolute Gasteiger partial charge is 0.347 e. The van der Waals surface area contributed by atoms with E-state index < -0.39 is 17.6 Å². The Morgan fingerprint density at radius 2 is 1.56 bits per heavy atom.